The van der Waals surface area contributed by atoms with Crippen molar-refractivity contribution in [3.05, 3.63) is 11.9 Å². The highest BCUT2D eigenvalue weighted by Crippen LogP contribution is 2.15. The van der Waals surface area contributed by atoms with Crippen molar-refractivity contribution in [3.63, 3.8) is 0 Å². The van der Waals surface area contributed by atoms with E-state index in [0.717, 1.165) is 0 Å². The molecule has 0 saturated carbocycles. The predicted octanol–water partition coefficient (Wildman–Crippen LogP) is -1.93. The molecule has 0 aliphatic carbocycles. The molecule has 1 heterocycles. The molecule has 0 aliphatic heterocycles. The number of unbranched alkanes of at least 4 members (excludes halogenated alkanes) is 1. The maximum absolute atomic E-state index is 13.4. The molecule has 1 aromatic heterocycles. The van der Waals surface area contributed by atoms with Gasteiger partial charge in [-0.1, -0.05) is 5.21 Å². The quantitative estimate of drug-likeness (QED) is 0.0117. The molecule has 0 saturated heterocycles. The third kappa shape index (κ3) is 21.7. The highest BCUT2D eigenvalue weighted by molar-refractivity contribution is 7.80. The number of aliphatic hydroxyl groups is 1. The van der Waals surface area contributed by atoms with Gasteiger partial charge in [-0.25, -0.2) is 0 Å². The smallest absolute Gasteiger partial charge is 0.303 e. The van der Waals surface area contributed by atoms with E-state index in [0.29, 0.717) is 37.9 Å². The fourth-order valence-corrected chi connectivity index (χ4v) is 4.63. The first kappa shape index (κ1) is 46.1. The van der Waals surface area contributed by atoms with Crippen LogP contribution >= 0.6 is 12.6 Å². The Hall–Kier alpha value is -4.92. The summed E-state index contributed by atoms with van der Waals surface area (Å²) in [6.45, 7) is 1.90. The number of aliphatic carboxylic acids is 1. The number of carbonyl (C=O) groups is 8. The Labute approximate surface area is 299 Å². The SMILES string of the molecule is C=O.NC(N)=NCCC[C@H](NC(=O)[C@H](COC=O)CC(=O)CCCCn1cc(CCCC(=O)O)nn1)C(=O)C[C@@H](COC=O)C(=O)N[C@H](O)CS. The summed E-state index contributed by atoms with van der Waals surface area (Å²) in [7, 11) is 0. The molecular weight excluding hydrogens is 696 g/mol. The third-order valence-corrected chi connectivity index (χ3v) is 7.37. The average molecular weight is 745 g/mol. The molecule has 1 rings (SSSR count). The fourth-order valence-electron chi connectivity index (χ4n) is 4.54. The molecule has 21 heteroatoms. The lowest BCUT2D eigenvalue weighted by atomic mass is 9.94. The topological polar surface area (TPSA) is 315 Å². The molecule has 0 aromatic carbocycles. The molecule has 0 radical (unpaired) electrons. The Balaban J connectivity index is 0.0000123. The number of carboxylic acids is 1. The van der Waals surface area contributed by atoms with Crippen LogP contribution in [-0.4, -0.2) is 118 Å². The third-order valence-electron chi connectivity index (χ3n) is 7.03. The van der Waals surface area contributed by atoms with E-state index in [1.807, 2.05) is 6.79 Å². The van der Waals surface area contributed by atoms with Gasteiger partial charge < -0.3 is 46.6 Å². The number of rotatable bonds is 29. The van der Waals surface area contributed by atoms with Crippen molar-refractivity contribution in [2.24, 2.45) is 28.3 Å². The van der Waals surface area contributed by atoms with Crippen LogP contribution in [0.3, 0.4) is 0 Å². The van der Waals surface area contributed by atoms with Crippen molar-refractivity contribution in [1.29, 1.82) is 0 Å². The number of Topliss-reactive ketones (excluding diaryl/α,β-unsaturated/α-hetero) is 2. The van der Waals surface area contributed by atoms with Crippen LogP contribution in [-0.2, 0) is 60.8 Å². The van der Waals surface area contributed by atoms with Gasteiger partial charge in [0, 0.05) is 50.7 Å². The van der Waals surface area contributed by atoms with Gasteiger partial charge in [-0.3, -0.25) is 43.2 Å². The summed E-state index contributed by atoms with van der Waals surface area (Å²) < 4.78 is 11.1. The normalized spacial score (nSPS) is 12.7. The minimum Gasteiger partial charge on any atom is -0.481 e. The summed E-state index contributed by atoms with van der Waals surface area (Å²) in [5.41, 5.74) is 11.4. The van der Waals surface area contributed by atoms with Gasteiger partial charge >= 0.3 is 5.97 Å². The van der Waals surface area contributed by atoms with Crippen LogP contribution in [0.25, 0.3) is 0 Å². The van der Waals surface area contributed by atoms with Gasteiger partial charge in [0.25, 0.3) is 12.9 Å². The number of guanidine groups is 1. The van der Waals surface area contributed by atoms with Crippen LogP contribution in [0.4, 0.5) is 0 Å². The van der Waals surface area contributed by atoms with Crippen molar-refractivity contribution >= 4 is 67.7 Å². The molecule has 286 valence electrons. The van der Waals surface area contributed by atoms with E-state index in [2.05, 4.69) is 38.6 Å². The van der Waals surface area contributed by atoms with Crippen LogP contribution < -0.4 is 22.1 Å². The highest BCUT2D eigenvalue weighted by atomic mass is 32.1. The van der Waals surface area contributed by atoms with E-state index in [1.165, 1.54) is 0 Å². The second-order valence-electron chi connectivity index (χ2n) is 11.1. The van der Waals surface area contributed by atoms with Crippen molar-refractivity contribution in [2.75, 3.05) is 25.5 Å². The van der Waals surface area contributed by atoms with Gasteiger partial charge in [-0.05, 0) is 38.5 Å². The number of amides is 2. The molecule has 0 aliphatic rings. The predicted molar refractivity (Wildman–Crippen MR) is 182 cm³/mol. The largest absolute Gasteiger partial charge is 0.481 e. The minimum absolute atomic E-state index is 0.0299. The van der Waals surface area contributed by atoms with E-state index < -0.39 is 67.3 Å². The number of carboxylic acid groups (broad SMARTS) is 1. The molecule has 1 aromatic rings. The van der Waals surface area contributed by atoms with Crippen LogP contribution in [0.1, 0.15) is 63.5 Å². The second-order valence-corrected chi connectivity index (χ2v) is 11.4. The molecule has 0 spiro atoms. The van der Waals surface area contributed by atoms with E-state index in [1.54, 1.807) is 10.9 Å². The number of hydrogen-bond acceptors (Lipinski definition) is 15. The van der Waals surface area contributed by atoms with Gasteiger partial charge in [0.05, 0.1) is 23.6 Å². The van der Waals surface area contributed by atoms with Crippen LogP contribution in [0.15, 0.2) is 11.2 Å². The molecule has 0 bridgehead atoms. The molecule has 0 unspecified atom stereocenters. The molecule has 0 fully saturated rings. The summed E-state index contributed by atoms with van der Waals surface area (Å²) in [5.74, 6) is -5.96. The van der Waals surface area contributed by atoms with E-state index in [-0.39, 0.29) is 69.1 Å². The van der Waals surface area contributed by atoms with Crippen molar-refractivity contribution in [2.45, 2.75) is 83.0 Å². The second kappa shape index (κ2) is 27.9. The van der Waals surface area contributed by atoms with Gasteiger partial charge in [0.15, 0.2) is 11.7 Å². The fraction of sp³-hybridized carbons (Fsp3) is 0.633. The number of hydrogen-bond donors (Lipinski definition) is 7. The van der Waals surface area contributed by atoms with Gasteiger partial charge in [-0.15, -0.1) is 5.10 Å². The maximum Gasteiger partial charge on any atom is 0.303 e. The first-order chi connectivity index (χ1) is 24.4. The molecule has 4 atom stereocenters. The number of carbonyl (C=O) groups excluding carboxylic acids is 7. The number of nitrogens with one attached hydrogen (secondary N) is 2. The van der Waals surface area contributed by atoms with Crippen LogP contribution in [0.5, 0.6) is 0 Å². The van der Waals surface area contributed by atoms with E-state index in [4.69, 9.17) is 30.8 Å². The van der Waals surface area contributed by atoms with E-state index >= 15 is 0 Å². The minimum atomic E-state index is -1.33. The Morgan fingerprint density at radius 1 is 0.961 bits per heavy atom. The first-order valence-electron chi connectivity index (χ1n) is 15.9. The zero-order valence-corrected chi connectivity index (χ0v) is 29.1. The van der Waals surface area contributed by atoms with Gasteiger partial charge in [0.2, 0.25) is 11.8 Å². The lowest BCUT2D eigenvalue weighted by Gasteiger charge is -2.23. The van der Waals surface area contributed by atoms with Crippen LogP contribution in [0, 0.1) is 11.8 Å². The lowest BCUT2D eigenvalue weighted by molar-refractivity contribution is -0.140. The number of aryl methyl sites for hydroxylation is 2. The maximum atomic E-state index is 13.4. The molecule has 20 nitrogen and oxygen atoms in total. The zero-order valence-electron chi connectivity index (χ0n) is 28.2. The molecule has 8 N–H and O–H groups in total. The number of nitrogens with zero attached hydrogens (tertiary/aromatic N) is 4. The van der Waals surface area contributed by atoms with Gasteiger partial charge in [-0.2, -0.15) is 12.6 Å². The monoisotopic (exact) mass is 744 g/mol. The molecular formula is C30H48N8O12S. The van der Waals surface area contributed by atoms with Gasteiger partial charge in [0.1, 0.15) is 32.0 Å². The number of nitrogens with two attached hydrogens (primary N) is 2. The summed E-state index contributed by atoms with van der Waals surface area (Å²) in [6, 6.07) is -1.19. The summed E-state index contributed by atoms with van der Waals surface area (Å²) >= 11 is 3.88. The summed E-state index contributed by atoms with van der Waals surface area (Å²) in [4.78, 5) is 96.4. The number of aliphatic hydroxyl groups excluding tert-OH is 1. The van der Waals surface area contributed by atoms with E-state index in [9.17, 15) is 38.7 Å². The molecule has 2 amide bonds. The zero-order chi connectivity index (χ0) is 38.6. The lowest BCUT2D eigenvalue weighted by Crippen LogP contribution is -2.47. The number of aromatic nitrogens is 3. The number of aliphatic imine (C=N–C) groups is 1. The molecule has 51 heavy (non-hydrogen) atoms. The number of ether oxygens (including phenoxy) is 2. The highest BCUT2D eigenvalue weighted by Gasteiger charge is 2.31. The average Bonchev–Trinajstić information content (AvgIpc) is 3.55. The van der Waals surface area contributed by atoms with Crippen molar-refractivity contribution < 1.29 is 58.0 Å². The Bertz CT molecular complexity index is 1280. The van der Waals surface area contributed by atoms with Crippen LogP contribution in [0.2, 0.25) is 0 Å². The Kier molecular flexibility index (Phi) is 25.2. The summed E-state index contributed by atoms with van der Waals surface area (Å²) in [5, 5.41) is 31.3. The number of ketones is 2. The Morgan fingerprint density at radius 2 is 1.59 bits per heavy atom. The van der Waals surface area contributed by atoms with Crippen molar-refractivity contribution in [1.82, 2.24) is 25.6 Å². The first-order valence-corrected chi connectivity index (χ1v) is 16.5. The Morgan fingerprint density at radius 3 is 2.18 bits per heavy atom. The van der Waals surface area contributed by atoms with Crippen molar-refractivity contribution in [3.8, 4) is 0 Å². The summed E-state index contributed by atoms with van der Waals surface area (Å²) in [6.07, 6.45) is 1.95. The number of thiol groups is 1. The standard InChI is InChI=1S/C29H46N8O11S.CH2O/c30-29(31)32-9-4-7-23(24(41)12-20(15-48-18-39)28(46)34-25(42)16-49)33-27(45)19(14-47-17-38)11-22(40)6-1-2-10-37-13-21(35-36-37)5-3-8-26(43)44;1-2/h13,17-20,23,25,42,49H,1-12,14-16H2,(H,33,45)(H,34,46)(H,43,44)(H4,30,31,32);1H2/t19-,20-,23-,25+;/m0./s1.